The van der Waals surface area contributed by atoms with Crippen molar-refractivity contribution in [3.05, 3.63) is 51.0 Å². The average Bonchev–Trinajstić information content (AvgIpc) is 2.72. The number of aliphatic hydroxyl groups is 1. The van der Waals surface area contributed by atoms with E-state index in [4.69, 9.17) is 28.3 Å². The highest BCUT2D eigenvalue weighted by atomic mass is 35.5. The lowest BCUT2D eigenvalue weighted by molar-refractivity contribution is -0.151. The molecule has 6 nitrogen and oxygen atoms in total. The summed E-state index contributed by atoms with van der Waals surface area (Å²) in [6, 6.07) is -0.0827. The number of rotatable bonds is 7. The van der Waals surface area contributed by atoms with Crippen LogP contribution in [0.2, 0.25) is 10.0 Å². The number of nitrogens with zero attached hydrogens (tertiary/aromatic N) is 3. The number of likely N-dealkylation sites (N-methyl/N-ethyl adjacent to an activating group) is 1. The van der Waals surface area contributed by atoms with Crippen LogP contribution in [0.25, 0.3) is 0 Å². The normalized spacial score (nSPS) is 14.6. The van der Waals surface area contributed by atoms with Crippen LogP contribution in [0.1, 0.15) is 73.7 Å². The summed E-state index contributed by atoms with van der Waals surface area (Å²) in [5, 5.41) is 12.0. The zero-order valence-electron chi connectivity index (χ0n) is 19.6. The Morgan fingerprint density at radius 1 is 1.24 bits per heavy atom. The molecule has 0 atom stereocenters. The molecule has 0 amide bonds. The number of alkyl halides is 3. The first-order chi connectivity index (χ1) is 16.0. The SMILES string of the molecule is CC(C)=CCN(C)CC(=O)c1c(Cl)cncc1Cl.OCc1[nH]n(C2CCCCC2)c1C(F)(F)F. The molecule has 1 fully saturated rings. The second kappa shape index (κ2) is 12.8. The van der Waals surface area contributed by atoms with Gasteiger partial charge in [-0.25, -0.2) is 0 Å². The number of hydrogen-bond acceptors (Lipinski definition) is 4. The molecule has 0 unspecified atom stereocenters. The fraction of sp³-hybridized carbons (Fsp3) is 0.565. The maximum atomic E-state index is 12.7. The lowest BCUT2D eigenvalue weighted by Gasteiger charge is -2.32. The molecule has 11 heteroatoms. The van der Waals surface area contributed by atoms with E-state index >= 15 is 0 Å². The van der Waals surface area contributed by atoms with Gasteiger partial charge in [-0.2, -0.15) is 13.2 Å². The van der Waals surface area contributed by atoms with E-state index in [0.717, 1.165) is 32.1 Å². The topological polar surface area (TPSA) is 74.2 Å². The lowest BCUT2D eigenvalue weighted by atomic mass is 9.95. The summed E-state index contributed by atoms with van der Waals surface area (Å²) >= 11 is 11.9. The summed E-state index contributed by atoms with van der Waals surface area (Å²) in [6.07, 6.45) is 5.15. The molecule has 1 aliphatic rings. The predicted molar refractivity (Wildman–Crippen MR) is 127 cm³/mol. The molecule has 0 bridgehead atoms. The number of ketones is 1. The van der Waals surface area contributed by atoms with Crippen LogP contribution in [0.3, 0.4) is 0 Å². The van der Waals surface area contributed by atoms with Crippen molar-refractivity contribution in [2.45, 2.75) is 64.8 Å². The molecule has 0 saturated heterocycles. The maximum absolute atomic E-state index is 12.7. The molecule has 2 aromatic rings. The van der Waals surface area contributed by atoms with Gasteiger partial charge in [-0.15, -0.1) is 0 Å². The fourth-order valence-corrected chi connectivity index (χ4v) is 4.36. The van der Waals surface area contributed by atoms with Crippen LogP contribution in [0.4, 0.5) is 13.2 Å². The molecule has 2 N–H and O–H groups in total. The Balaban J connectivity index is 0.000000241. The van der Waals surface area contributed by atoms with Gasteiger partial charge >= 0.3 is 6.18 Å². The third-order valence-corrected chi connectivity index (χ3v) is 6.08. The molecular formula is C23H31Cl2F3N4O2. The molecular weight excluding hydrogens is 492 g/mol. The van der Waals surface area contributed by atoms with E-state index in [0.29, 0.717) is 22.2 Å². The number of aromatic nitrogens is 3. The molecule has 0 aliphatic heterocycles. The number of nitrogens with one attached hydrogen (secondary N) is 1. The van der Waals surface area contributed by atoms with Crippen molar-refractivity contribution in [3.63, 3.8) is 0 Å². The van der Waals surface area contributed by atoms with Crippen molar-refractivity contribution in [1.29, 1.82) is 0 Å². The number of carbonyl (C=O) groups excluding carboxylic acids is 1. The van der Waals surface area contributed by atoms with Crippen molar-refractivity contribution in [2.75, 3.05) is 20.1 Å². The number of H-pyrrole nitrogens is 1. The van der Waals surface area contributed by atoms with E-state index in [1.807, 2.05) is 25.8 Å². The lowest BCUT2D eigenvalue weighted by Crippen LogP contribution is -2.32. The number of Topliss-reactive ketones (excluding diaryl/α,β-unsaturated/α-hetero) is 1. The molecule has 0 spiro atoms. The molecule has 1 saturated carbocycles. The first kappa shape index (κ1) is 28.4. The number of hydrogen-bond donors (Lipinski definition) is 2. The molecule has 34 heavy (non-hydrogen) atoms. The van der Waals surface area contributed by atoms with Gasteiger partial charge in [0.05, 0.1) is 40.5 Å². The first-order valence-corrected chi connectivity index (χ1v) is 11.8. The minimum atomic E-state index is -4.37. The van der Waals surface area contributed by atoms with Gasteiger partial charge < -0.3 is 5.11 Å². The zero-order chi connectivity index (χ0) is 25.5. The Morgan fingerprint density at radius 2 is 1.82 bits per heavy atom. The van der Waals surface area contributed by atoms with Gasteiger partial charge in [0.15, 0.2) is 11.5 Å². The summed E-state index contributed by atoms with van der Waals surface area (Å²) in [5.41, 5.74) is 0.756. The summed E-state index contributed by atoms with van der Waals surface area (Å²) in [7, 11) is 1.88. The van der Waals surface area contributed by atoms with E-state index in [1.165, 1.54) is 22.6 Å². The molecule has 190 valence electrons. The van der Waals surface area contributed by atoms with Crippen LogP contribution in [0, 0.1) is 0 Å². The minimum absolute atomic E-state index is 0.0827. The monoisotopic (exact) mass is 522 g/mol. The number of pyridine rings is 1. The number of carbonyl (C=O) groups is 1. The largest absolute Gasteiger partial charge is 0.434 e. The highest BCUT2D eigenvalue weighted by molar-refractivity contribution is 6.39. The van der Waals surface area contributed by atoms with Crippen LogP contribution < -0.4 is 0 Å². The van der Waals surface area contributed by atoms with Crippen molar-refractivity contribution >= 4 is 29.0 Å². The van der Waals surface area contributed by atoms with Crippen LogP contribution in [-0.4, -0.2) is 50.7 Å². The maximum Gasteiger partial charge on any atom is 0.434 e. The number of aromatic amines is 1. The Kier molecular flexibility index (Phi) is 10.7. The second-order valence-corrected chi connectivity index (χ2v) is 9.45. The number of aliphatic hydroxyl groups excluding tert-OH is 1. The molecule has 0 aromatic carbocycles. The van der Waals surface area contributed by atoms with E-state index < -0.39 is 18.5 Å². The fourth-order valence-electron chi connectivity index (χ4n) is 3.78. The van der Waals surface area contributed by atoms with Crippen molar-refractivity contribution in [2.24, 2.45) is 0 Å². The first-order valence-electron chi connectivity index (χ1n) is 11.1. The van der Waals surface area contributed by atoms with Gasteiger partial charge in [0.25, 0.3) is 0 Å². The third-order valence-electron chi connectivity index (χ3n) is 5.51. The number of halogens is 5. The van der Waals surface area contributed by atoms with Gasteiger partial charge in [-0.1, -0.05) is 54.1 Å². The quantitative estimate of drug-likeness (QED) is 0.330. The van der Waals surface area contributed by atoms with Crippen molar-refractivity contribution < 1.29 is 23.1 Å². The van der Waals surface area contributed by atoms with E-state index in [9.17, 15) is 18.0 Å². The molecule has 2 aromatic heterocycles. The summed E-state index contributed by atoms with van der Waals surface area (Å²) < 4.78 is 39.3. The molecule has 3 rings (SSSR count). The highest BCUT2D eigenvalue weighted by Crippen LogP contribution is 2.38. The van der Waals surface area contributed by atoms with Crippen molar-refractivity contribution in [1.82, 2.24) is 19.7 Å². The standard InChI is InChI=1S/C13H16Cl2N2O.C10H15F3N2O/c1-9(2)4-5-17(3)8-12(18)13-10(14)6-16-7-11(13)15;11-10(12,13)9-8(6-16)14-15(9)7-4-2-1-3-5-7/h4,6-7H,5,8H2,1-3H3;7,14,16H,1-6H2. The van der Waals surface area contributed by atoms with Crippen LogP contribution in [-0.2, 0) is 12.8 Å². The Labute approximate surface area is 207 Å². The van der Waals surface area contributed by atoms with E-state index in [1.54, 1.807) is 0 Å². The van der Waals surface area contributed by atoms with E-state index in [2.05, 4.69) is 16.2 Å². The van der Waals surface area contributed by atoms with Gasteiger partial charge in [0, 0.05) is 18.9 Å². The molecule has 1 aliphatic carbocycles. The van der Waals surface area contributed by atoms with Crippen molar-refractivity contribution in [3.8, 4) is 0 Å². The third kappa shape index (κ3) is 7.86. The van der Waals surface area contributed by atoms with Gasteiger partial charge in [0.2, 0.25) is 0 Å². The summed E-state index contributed by atoms with van der Waals surface area (Å²) in [5.74, 6) is -0.0999. The minimum Gasteiger partial charge on any atom is -0.390 e. The van der Waals surface area contributed by atoms with E-state index in [-0.39, 0.29) is 24.1 Å². The summed E-state index contributed by atoms with van der Waals surface area (Å²) in [6.45, 7) is 4.44. The Hall–Kier alpha value is -1.81. The highest BCUT2D eigenvalue weighted by Gasteiger charge is 2.41. The summed E-state index contributed by atoms with van der Waals surface area (Å²) in [4.78, 5) is 17.8. The van der Waals surface area contributed by atoms with Gasteiger partial charge in [-0.05, 0) is 33.7 Å². The smallest absolute Gasteiger partial charge is 0.390 e. The van der Waals surface area contributed by atoms with Gasteiger partial charge in [-0.3, -0.25) is 24.5 Å². The number of allylic oxidation sites excluding steroid dienone is 1. The van der Waals surface area contributed by atoms with Gasteiger partial charge in [0.1, 0.15) is 0 Å². The molecule has 0 radical (unpaired) electrons. The molecule has 2 heterocycles. The Bertz CT molecular complexity index is 955. The van der Waals surface area contributed by atoms with Crippen LogP contribution in [0.5, 0.6) is 0 Å². The van der Waals surface area contributed by atoms with Crippen LogP contribution >= 0.6 is 23.2 Å². The van der Waals surface area contributed by atoms with Crippen LogP contribution in [0.15, 0.2) is 24.0 Å². The second-order valence-electron chi connectivity index (χ2n) is 8.64. The average molecular weight is 523 g/mol. The Morgan fingerprint density at radius 3 is 2.32 bits per heavy atom. The zero-order valence-corrected chi connectivity index (χ0v) is 21.1. The predicted octanol–water partition coefficient (Wildman–Crippen LogP) is 6.30.